The van der Waals surface area contributed by atoms with Gasteiger partial charge in [-0.05, 0) is 31.4 Å². The first kappa shape index (κ1) is 15.9. The van der Waals surface area contributed by atoms with Crippen molar-refractivity contribution in [2.24, 2.45) is 0 Å². The molecule has 2 rings (SSSR count). The molecule has 1 aromatic heterocycles. The minimum atomic E-state index is 0.0333. The number of aromatic nitrogens is 1. The normalized spacial score (nSPS) is 18.3. The van der Waals surface area contributed by atoms with Crippen LogP contribution in [0.3, 0.4) is 0 Å². The van der Waals surface area contributed by atoms with Crippen molar-refractivity contribution in [3.05, 3.63) is 29.6 Å². The van der Waals surface area contributed by atoms with Crippen LogP contribution in [-0.2, 0) is 6.42 Å². The molecule has 1 aliphatic heterocycles. The molecule has 0 spiro atoms. The predicted octanol–water partition coefficient (Wildman–Crippen LogP) is 1.17. The molecule has 0 radical (unpaired) electrons. The van der Waals surface area contributed by atoms with Gasteiger partial charge in [-0.25, -0.2) is 0 Å². The van der Waals surface area contributed by atoms with E-state index in [0.29, 0.717) is 12.2 Å². The number of pyridine rings is 1. The number of rotatable bonds is 4. The van der Waals surface area contributed by atoms with E-state index in [1.165, 1.54) is 0 Å². The number of aryl methyl sites for hydroxylation is 1. The molecule has 0 aromatic carbocycles. The van der Waals surface area contributed by atoms with Crippen molar-refractivity contribution in [2.45, 2.75) is 32.7 Å². The summed E-state index contributed by atoms with van der Waals surface area (Å²) in [6, 6.07) is 4.00. The first-order chi connectivity index (χ1) is 10.2. The Kier molecular flexibility index (Phi) is 5.70. The van der Waals surface area contributed by atoms with Crippen LogP contribution in [0.25, 0.3) is 0 Å². The molecule has 5 nitrogen and oxygen atoms in total. The summed E-state index contributed by atoms with van der Waals surface area (Å²) in [5.41, 5.74) is 1.59. The van der Waals surface area contributed by atoms with E-state index < -0.39 is 0 Å². The largest absolute Gasteiger partial charge is 0.395 e. The van der Waals surface area contributed by atoms with Crippen LogP contribution in [-0.4, -0.2) is 64.6 Å². The summed E-state index contributed by atoms with van der Waals surface area (Å²) in [6.45, 7) is 7.41. The Labute approximate surface area is 126 Å². The quantitative estimate of drug-likeness (QED) is 0.905. The van der Waals surface area contributed by atoms with Crippen LogP contribution in [0.15, 0.2) is 18.3 Å². The van der Waals surface area contributed by atoms with Crippen molar-refractivity contribution < 1.29 is 9.90 Å². The first-order valence-corrected chi connectivity index (χ1v) is 7.75. The maximum Gasteiger partial charge on any atom is 0.272 e. The molecule has 1 saturated heterocycles. The van der Waals surface area contributed by atoms with Gasteiger partial charge >= 0.3 is 0 Å². The third-order valence-electron chi connectivity index (χ3n) is 4.18. The topological polar surface area (TPSA) is 56.7 Å². The summed E-state index contributed by atoms with van der Waals surface area (Å²) >= 11 is 0. The highest BCUT2D eigenvalue weighted by Gasteiger charge is 2.24. The van der Waals surface area contributed by atoms with Gasteiger partial charge in [0.15, 0.2) is 0 Å². The van der Waals surface area contributed by atoms with E-state index in [1.807, 2.05) is 30.9 Å². The average molecular weight is 291 g/mol. The molecule has 1 unspecified atom stereocenters. The van der Waals surface area contributed by atoms with Gasteiger partial charge in [-0.15, -0.1) is 0 Å². The van der Waals surface area contributed by atoms with Crippen LogP contribution in [0, 0.1) is 0 Å². The SMILES string of the molecule is CCc1cccnc1C(=O)N1CCCN(C(C)CO)CC1. The molecular formula is C16H25N3O2. The molecule has 5 heteroatoms. The fraction of sp³-hybridized carbons (Fsp3) is 0.625. The van der Waals surface area contributed by atoms with Gasteiger partial charge in [-0.3, -0.25) is 14.7 Å². The zero-order valence-electron chi connectivity index (χ0n) is 13.0. The number of aliphatic hydroxyl groups is 1. The van der Waals surface area contributed by atoms with E-state index in [0.717, 1.165) is 38.0 Å². The molecule has 0 bridgehead atoms. The zero-order chi connectivity index (χ0) is 15.2. The van der Waals surface area contributed by atoms with Crippen molar-refractivity contribution >= 4 is 5.91 Å². The van der Waals surface area contributed by atoms with Gasteiger partial charge in [0.1, 0.15) is 5.69 Å². The number of aliphatic hydroxyl groups excluding tert-OH is 1. The van der Waals surface area contributed by atoms with Crippen LogP contribution in [0.4, 0.5) is 0 Å². The van der Waals surface area contributed by atoms with E-state index in [1.54, 1.807) is 6.20 Å². The Hall–Kier alpha value is -1.46. The van der Waals surface area contributed by atoms with Crippen molar-refractivity contribution in [2.75, 3.05) is 32.8 Å². The van der Waals surface area contributed by atoms with Crippen molar-refractivity contribution in [3.63, 3.8) is 0 Å². The molecular weight excluding hydrogens is 266 g/mol. The monoisotopic (exact) mass is 291 g/mol. The molecule has 21 heavy (non-hydrogen) atoms. The van der Waals surface area contributed by atoms with Gasteiger partial charge < -0.3 is 10.0 Å². The minimum Gasteiger partial charge on any atom is -0.395 e. The van der Waals surface area contributed by atoms with Gasteiger partial charge in [-0.2, -0.15) is 0 Å². The molecule has 1 atom stereocenters. The minimum absolute atomic E-state index is 0.0333. The fourth-order valence-electron chi connectivity index (χ4n) is 2.76. The second-order valence-electron chi connectivity index (χ2n) is 5.58. The summed E-state index contributed by atoms with van der Waals surface area (Å²) < 4.78 is 0. The molecule has 0 saturated carbocycles. The lowest BCUT2D eigenvalue weighted by molar-refractivity contribution is 0.0747. The Morgan fingerprint density at radius 3 is 2.90 bits per heavy atom. The van der Waals surface area contributed by atoms with E-state index >= 15 is 0 Å². The van der Waals surface area contributed by atoms with Gasteiger partial charge in [0.2, 0.25) is 0 Å². The molecule has 2 heterocycles. The summed E-state index contributed by atoms with van der Waals surface area (Å²) in [5, 5.41) is 9.27. The van der Waals surface area contributed by atoms with E-state index in [9.17, 15) is 9.90 Å². The number of amides is 1. The van der Waals surface area contributed by atoms with Gasteiger partial charge in [0, 0.05) is 38.4 Å². The summed E-state index contributed by atoms with van der Waals surface area (Å²) in [7, 11) is 0. The number of carbonyl (C=O) groups is 1. The molecule has 1 amide bonds. The van der Waals surface area contributed by atoms with E-state index in [4.69, 9.17) is 0 Å². The van der Waals surface area contributed by atoms with Crippen LogP contribution in [0.1, 0.15) is 36.3 Å². The summed E-state index contributed by atoms with van der Waals surface area (Å²) in [6.07, 6.45) is 3.44. The highest BCUT2D eigenvalue weighted by Crippen LogP contribution is 2.13. The second kappa shape index (κ2) is 7.52. The molecule has 0 aliphatic carbocycles. The maximum atomic E-state index is 12.7. The van der Waals surface area contributed by atoms with E-state index in [-0.39, 0.29) is 18.6 Å². The lowest BCUT2D eigenvalue weighted by Crippen LogP contribution is -2.40. The van der Waals surface area contributed by atoms with Crippen molar-refractivity contribution in [3.8, 4) is 0 Å². The summed E-state index contributed by atoms with van der Waals surface area (Å²) in [5.74, 6) is 0.0333. The maximum absolute atomic E-state index is 12.7. The van der Waals surface area contributed by atoms with Crippen LogP contribution in [0.2, 0.25) is 0 Å². The van der Waals surface area contributed by atoms with Gasteiger partial charge in [-0.1, -0.05) is 13.0 Å². The first-order valence-electron chi connectivity index (χ1n) is 7.75. The van der Waals surface area contributed by atoms with E-state index in [2.05, 4.69) is 9.88 Å². The van der Waals surface area contributed by atoms with Crippen LogP contribution < -0.4 is 0 Å². The smallest absolute Gasteiger partial charge is 0.272 e. The Balaban J connectivity index is 2.06. The Bertz CT molecular complexity index is 478. The third-order valence-corrected chi connectivity index (χ3v) is 4.18. The van der Waals surface area contributed by atoms with Crippen LogP contribution >= 0.6 is 0 Å². The molecule has 116 valence electrons. The number of nitrogens with zero attached hydrogens (tertiary/aromatic N) is 3. The lowest BCUT2D eigenvalue weighted by Gasteiger charge is -2.26. The van der Waals surface area contributed by atoms with Gasteiger partial charge in [0.05, 0.1) is 6.61 Å². The average Bonchev–Trinajstić information content (AvgIpc) is 2.79. The van der Waals surface area contributed by atoms with Gasteiger partial charge in [0.25, 0.3) is 5.91 Å². The van der Waals surface area contributed by atoms with Crippen LogP contribution in [0.5, 0.6) is 0 Å². The highest BCUT2D eigenvalue weighted by atomic mass is 16.3. The standard InChI is InChI=1S/C16H25N3O2/c1-3-14-6-4-7-17-15(14)16(21)19-9-5-8-18(10-11-19)13(2)12-20/h4,6-7,13,20H,3,5,8-12H2,1-2H3. The van der Waals surface area contributed by atoms with Crippen molar-refractivity contribution in [1.82, 2.24) is 14.8 Å². The second-order valence-corrected chi connectivity index (χ2v) is 5.58. The Morgan fingerprint density at radius 2 is 2.19 bits per heavy atom. The molecule has 1 aromatic rings. The molecule has 1 fully saturated rings. The third kappa shape index (κ3) is 3.80. The molecule has 1 N–H and O–H groups in total. The molecule has 1 aliphatic rings. The number of hydrogen-bond donors (Lipinski definition) is 1. The highest BCUT2D eigenvalue weighted by molar-refractivity contribution is 5.93. The predicted molar refractivity (Wildman–Crippen MR) is 82.3 cm³/mol. The number of hydrogen-bond acceptors (Lipinski definition) is 4. The lowest BCUT2D eigenvalue weighted by atomic mass is 10.1. The fourth-order valence-corrected chi connectivity index (χ4v) is 2.76. The number of carbonyl (C=O) groups excluding carboxylic acids is 1. The Morgan fingerprint density at radius 1 is 1.38 bits per heavy atom. The summed E-state index contributed by atoms with van der Waals surface area (Å²) in [4.78, 5) is 21.1. The zero-order valence-corrected chi connectivity index (χ0v) is 13.0. The van der Waals surface area contributed by atoms with Crippen molar-refractivity contribution in [1.29, 1.82) is 0 Å².